The lowest BCUT2D eigenvalue weighted by atomic mass is 10.1. The number of imidazole rings is 1. The van der Waals surface area contributed by atoms with E-state index in [0.29, 0.717) is 22.4 Å². The lowest BCUT2D eigenvalue weighted by molar-refractivity contribution is 0.102. The minimum atomic E-state index is -0.506. The van der Waals surface area contributed by atoms with Gasteiger partial charge in [0.15, 0.2) is 0 Å². The van der Waals surface area contributed by atoms with Gasteiger partial charge in [-0.25, -0.2) is 9.78 Å². The van der Waals surface area contributed by atoms with Gasteiger partial charge in [0, 0.05) is 17.8 Å². The number of fused-ring (bicyclic) bond motifs is 2. The van der Waals surface area contributed by atoms with E-state index in [1.807, 2.05) is 59.2 Å². The van der Waals surface area contributed by atoms with Crippen molar-refractivity contribution in [2.24, 2.45) is 0 Å². The number of nitrogens with one attached hydrogen (secondary N) is 2. The molecule has 0 saturated carbocycles. The monoisotopic (exact) mass is 425 g/mol. The first kappa shape index (κ1) is 19.5. The molecule has 2 heterocycles. The Balaban J connectivity index is 1.58. The van der Waals surface area contributed by atoms with E-state index in [1.54, 1.807) is 19.1 Å². The van der Waals surface area contributed by atoms with Crippen LogP contribution in [0.3, 0.4) is 0 Å². The summed E-state index contributed by atoms with van der Waals surface area (Å²) in [5.41, 5.74) is 2.19. The minimum absolute atomic E-state index is 0.266. The molecule has 2 aromatic heterocycles. The molecular formula is C24H19N5O3. The average Bonchev–Trinajstić information content (AvgIpc) is 3.17. The van der Waals surface area contributed by atoms with E-state index in [4.69, 9.17) is 0 Å². The van der Waals surface area contributed by atoms with Crippen molar-refractivity contribution in [1.82, 2.24) is 19.1 Å². The van der Waals surface area contributed by atoms with Gasteiger partial charge in [-0.15, -0.1) is 0 Å². The van der Waals surface area contributed by atoms with E-state index in [2.05, 4.69) is 15.3 Å². The summed E-state index contributed by atoms with van der Waals surface area (Å²) < 4.78 is 2.99. The Labute approximate surface area is 181 Å². The van der Waals surface area contributed by atoms with Crippen LogP contribution in [0.5, 0.6) is 0 Å². The molecule has 0 aliphatic carbocycles. The highest BCUT2D eigenvalue weighted by Crippen LogP contribution is 2.25. The average molecular weight is 425 g/mol. The second-order valence-corrected chi connectivity index (χ2v) is 7.29. The maximum absolute atomic E-state index is 13.1. The van der Waals surface area contributed by atoms with Crippen molar-refractivity contribution in [2.45, 2.75) is 13.5 Å². The third-order valence-corrected chi connectivity index (χ3v) is 5.36. The number of carbonyl (C=O) groups excluding carboxylic acids is 1. The number of H-pyrrole nitrogens is 1. The number of aromatic nitrogens is 4. The molecule has 0 aliphatic heterocycles. The fraction of sp³-hybridized carbons (Fsp3) is 0.0833. The third kappa shape index (κ3) is 3.18. The van der Waals surface area contributed by atoms with Crippen LogP contribution in [0.2, 0.25) is 0 Å². The van der Waals surface area contributed by atoms with Crippen molar-refractivity contribution >= 4 is 33.8 Å². The summed E-state index contributed by atoms with van der Waals surface area (Å²) in [6.07, 6.45) is 0. The van der Waals surface area contributed by atoms with Crippen LogP contribution >= 0.6 is 0 Å². The van der Waals surface area contributed by atoms with Crippen molar-refractivity contribution in [1.29, 1.82) is 0 Å². The first-order valence-corrected chi connectivity index (χ1v) is 10.2. The SMILES string of the molecule is CCn1c(=O)[nH]c2cc(C(=O)Nc3nc4ccccc4n3-c3ccccc3)ccc2c1=O. The van der Waals surface area contributed by atoms with Crippen LogP contribution in [0, 0.1) is 0 Å². The Morgan fingerprint density at radius 1 is 1.00 bits per heavy atom. The molecule has 1 amide bonds. The zero-order valence-corrected chi connectivity index (χ0v) is 17.2. The summed E-state index contributed by atoms with van der Waals surface area (Å²) in [5, 5.41) is 3.22. The lowest BCUT2D eigenvalue weighted by Gasteiger charge is -2.11. The molecule has 8 nitrogen and oxygen atoms in total. The molecule has 8 heteroatoms. The van der Waals surface area contributed by atoms with Crippen molar-refractivity contribution in [2.75, 3.05) is 5.32 Å². The fourth-order valence-corrected chi connectivity index (χ4v) is 3.80. The second-order valence-electron chi connectivity index (χ2n) is 7.29. The summed E-state index contributed by atoms with van der Waals surface area (Å²) in [6.45, 7) is 1.99. The Bertz CT molecular complexity index is 1600. The largest absolute Gasteiger partial charge is 0.328 e. The highest BCUT2D eigenvalue weighted by atomic mass is 16.2. The van der Waals surface area contributed by atoms with Crippen molar-refractivity contribution in [3.8, 4) is 5.69 Å². The molecule has 32 heavy (non-hydrogen) atoms. The van der Waals surface area contributed by atoms with Gasteiger partial charge in [-0.3, -0.25) is 24.0 Å². The molecule has 2 N–H and O–H groups in total. The van der Waals surface area contributed by atoms with E-state index >= 15 is 0 Å². The summed E-state index contributed by atoms with van der Waals surface area (Å²) in [5.74, 6) is -0.0303. The molecular weight excluding hydrogens is 406 g/mol. The lowest BCUT2D eigenvalue weighted by Crippen LogP contribution is -2.34. The van der Waals surface area contributed by atoms with Crippen LogP contribution in [0.4, 0.5) is 5.95 Å². The normalized spacial score (nSPS) is 11.2. The Kier molecular flexibility index (Phi) is 4.67. The van der Waals surface area contributed by atoms with Crippen LogP contribution in [-0.4, -0.2) is 25.0 Å². The van der Waals surface area contributed by atoms with Gasteiger partial charge in [0.1, 0.15) is 0 Å². The number of rotatable bonds is 4. The molecule has 158 valence electrons. The molecule has 0 bridgehead atoms. The first-order chi connectivity index (χ1) is 15.6. The molecule has 0 unspecified atom stereocenters. The summed E-state index contributed by atoms with van der Waals surface area (Å²) in [4.78, 5) is 45.0. The number of benzene rings is 3. The maximum atomic E-state index is 13.1. The van der Waals surface area contributed by atoms with Gasteiger partial charge in [-0.2, -0.15) is 0 Å². The van der Waals surface area contributed by atoms with Gasteiger partial charge in [0.25, 0.3) is 11.5 Å². The Morgan fingerprint density at radius 3 is 2.53 bits per heavy atom. The van der Waals surface area contributed by atoms with Gasteiger partial charge in [-0.1, -0.05) is 30.3 Å². The first-order valence-electron chi connectivity index (χ1n) is 10.2. The van der Waals surface area contributed by atoms with Gasteiger partial charge < -0.3 is 4.98 Å². The second kappa shape index (κ2) is 7.66. The zero-order valence-electron chi connectivity index (χ0n) is 17.2. The molecule has 0 radical (unpaired) electrons. The number of hydrogen-bond acceptors (Lipinski definition) is 4. The fourth-order valence-electron chi connectivity index (χ4n) is 3.80. The molecule has 0 fully saturated rings. The van der Waals surface area contributed by atoms with Crippen LogP contribution < -0.4 is 16.6 Å². The predicted molar refractivity (Wildman–Crippen MR) is 124 cm³/mol. The molecule has 5 rings (SSSR count). The quantitative estimate of drug-likeness (QED) is 0.461. The number of hydrogen-bond donors (Lipinski definition) is 2. The van der Waals surface area contributed by atoms with Crippen molar-refractivity contribution in [3.63, 3.8) is 0 Å². The minimum Gasteiger partial charge on any atom is -0.307 e. The van der Waals surface area contributed by atoms with Gasteiger partial charge in [0.2, 0.25) is 5.95 Å². The third-order valence-electron chi connectivity index (χ3n) is 5.36. The van der Waals surface area contributed by atoms with E-state index in [1.165, 1.54) is 6.07 Å². The summed E-state index contributed by atoms with van der Waals surface area (Å²) in [6, 6.07) is 21.9. The number of para-hydroxylation sites is 3. The van der Waals surface area contributed by atoms with E-state index < -0.39 is 11.6 Å². The number of anilines is 1. The topological polar surface area (TPSA) is 102 Å². The van der Waals surface area contributed by atoms with E-state index in [9.17, 15) is 14.4 Å². The number of carbonyl (C=O) groups is 1. The molecule has 5 aromatic rings. The van der Waals surface area contributed by atoms with Gasteiger partial charge >= 0.3 is 5.69 Å². The number of amides is 1. The summed E-state index contributed by atoms with van der Waals surface area (Å²) >= 11 is 0. The molecule has 0 aliphatic rings. The van der Waals surface area contributed by atoms with Gasteiger partial charge in [0.05, 0.1) is 21.9 Å². The highest BCUT2D eigenvalue weighted by molar-refractivity contribution is 6.06. The van der Waals surface area contributed by atoms with E-state index in [0.717, 1.165) is 21.3 Å². The van der Waals surface area contributed by atoms with E-state index in [-0.39, 0.29) is 12.1 Å². The highest BCUT2D eigenvalue weighted by Gasteiger charge is 2.16. The van der Waals surface area contributed by atoms with Crippen LogP contribution in [0.1, 0.15) is 17.3 Å². The maximum Gasteiger partial charge on any atom is 0.328 e. The molecule has 0 spiro atoms. The van der Waals surface area contributed by atoms with Crippen LogP contribution in [0.25, 0.3) is 27.6 Å². The van der Waals surface area contributed by atoms with Crippen LogP contribution in [0.15, 0.2) is 82.4 Å². The number of nitrogens with zero attached hydrogens (tertiary/aromatic N) is 3. The standard InChI is InChI=1S/C24H19N5O3/c1-2-28-22(31)17-13-12-15(14-19(17)26-24(28)32)21(30)27-23-25-18-10-6-7-11-20(18)29(23)16-8-4-3-5-9-16/h3-14H,2H2,1H3,(H,26,32)(H,25,27,30). The smallest absolute Gasteiger partial charge is 0.307 e. The van der Waals surface area contributed by atoms with Gasteiger partial charge in [-0.05, 0) is 49.4 Å². The zero-order chi connectivity index (χ0) is 22.2. The Morgan fingerprint density at radius 2 is 1.75 bits per heavy atom. The summed E-state index contributed by atoms with van der Waals surface area (Å²) in [7, 11) is 0. The van der Waals surface area contributed by atoms with Crippen LogP contribution in [-0.2, 0) is 6.54 Å². The van der Waals surface area contributed by atoms with Crippen molar-refractivity contribution < 1.29 is 4.79 Å². The molecule has 0 atom stereocenters. The number of aromatic amines is 1. The predicted octanol–water partition coefficient (Wildman–Crippen LogP) is 3.30. The molecule has 3 aromatic carbocycles. The molecule has 0 saturated heterocycles. The Hall–Kier alpha value is -4.46. The van der Waals surface area contributed by atoms with Crippen molar-refractivity contribution in [3.05, 3.63) is 99.2 Å².